The lowest BCUT2D eigenvalue weighted by atomic mass is 10.0. The van der Waals surface area contributed by atoms with Crippen LogP contribution in [0.15, 0.2) is 30.3 Å². The lowest BCUT2D eigenvalue weighted by molar-refractivity contribution is -0.138. The molecule has 146 valence electrons. The van der Waals surface area contributed by atoms with Crippen molar-refractivity contribution < 1.29 is 32.5 Å². The Hall–Kier alpha value is -2.32. The van der Waals surface area contributed by atoms with Crippen LogP contribution in [0.2, 0.25) is 5.02 Å². The molecule has 27 heavy (non-hydrogen) atoms. The Balaban J connectivity index is 2.61. The smallest absolute Gasteiger partial charge is 0.417 e. The molecule has 1 N–H and O–H groups in total. The number of ether oxygens (including phenoxy) is 2. The molecule has 1 atom stereocenters. The molecule has 0 radical (unpaired) electrons. The molecule has 2 aromatic rings. The van der Waals surface area contributed by atoms with Crippen molar-refractivity contribution in [1.82, 2.24) is 4.98 Å². The molecule has 0 spiro atoms. The number of carbonyl (C=O) groups is 1. The molecule has 9 heteroatoms. The molecule has 1 heterocycles. The number of hydrogen-bond acceptors (Lipinski definition) is 4. The average Bonchev–Trinajstić information content (AvgIpc) is 2.59. The Kier molecular flexibility index (Phi) is 6.67. The molecule has 0 aliphatic heterocycles. The maximum absolute atomic E-state index is 13.5. The highest BCUT2D eigenvalue weighted by Gasteiger charge is 2.39. The Morgan fingerprint density at radius 3 is 2.44 bits per heavy atom. The third kappa shape index (κ3) is 5.33. The van der Waals surface area contributed by atoms with Crippen LogP contribution in [0.1, 0.15) is 29.3 Å². The molecule has 0 amide bonds. The quantitative estimate of drug-likeness (QED) is 0.710. The highest BCUT2D eigenvalue weighted by Crippen LogP contribution is 2.38. The largest absolute Gasteiger partial charge is 0.477 e. The van der Waals surface area contributed by atoms with Gasteiger partial charge in [0.2, 0.25) is 5.88 Å². The highest BCUT2D eigenvalue weighted by molar-refractivity contribution is 6.30. The number of halogens is 4. The first-order valence-corrected chi connectivity index (χ1v) is 8.28. The van der Waals surface area contributed by atoms with E-state index in [2.05, 4.69) is 4.98 Å². The molecular weight excluding hydrogens is 387 g/mol. The number of rotatable bonds is 7. The maximum atomic E-state index is 13.5. The van der Waals surface area contributed by atoms with Gasteiger partial charge < -0.3 is 14.6 Å². The van der Waals surface area contributed by atoms with E-state index in [1.54, 1.807) is 6.92 Å². The zero-order chi connectivity index (χ0) is 20.2. The molecule has 0 saturated carbocycles. The first kappa shape index (κ1) is 21.0. The predicted octanol–water partition coefficient (Wildman–Crippen LogP) is 4.92. The van der Waals surface area contributed by atoms with Gasteiger partial charge in [-0.3, -0.25) is 0 Å². The van der Waals surface area contributed by atoms with Crippen molar-refractivity contribution in [2.24, 2.45) is 0 Å². The van der Waals surface area contributed by atoms with Crippen molar-refractivity contribution in [2.45, 2.75) is 25.6 Å². The van der Waals surface area contributed by atoms with Crippen molar-refractivity contribution in [2.75, 3.05) is 13.7 Å². The minimum absolute atomic E-state index is 0.0714. The molecule has 0 saturated heterocycles. The van der Waals surface area contributed by atoms with Gasteiger partial charge in [0, 0.05) is 30.7 Å². The summed E-state index contributed by atoms with van der Waals surface area (Å²) in [6, 6.07) is 6.67. The van der Waals surface area contributed by atoms with E-state index in [0.29, 0.717) is 29.7 Å². The van der Waals surface area contributed by atoms with Crippen LogP contribution in [0, 0.1) is 0 Å². The molecule has 2 rings (SSSR count). The van der Waals surface area contributed by atoms with Crippen LogP contribution in [-0.4, -0.2) is 35.9 Å². The van der Waals surface area contributed by atoms with Gasteiger partial charge in [0.05, 0.1) is 17.4 Å². The predicted molar refractivity (Wildman–Crippen MR) is 93.2 cm³/mol. The number of methoxy groups -OCH3 is 1. The molecule has 0 aliphatic rings. The molecule has 1 aromatic carbocycles. The number of aromatic nitrogens is 1. The lowest BCUT2D eigenvalue weighted by Gasteiger charge is -2.19. The minimum atomic E-state index is -4.90. The van der Waals surface area contributed by atoms with Gasteiger partial charge in [0.25, 0.3) is 0 Å². The van der Waals surface area contributed by atoms with Crippen molar-refractivity contribution in [3.8, 4) is 17.1 Å². The van der Waals surface area contributed by atoms with Crippen LogP contribution in [0.5, 0.6) is 5.88 Å². The van der Waals surface area contributed by atoms with Crippen molar-refractivity contribution in [3.05, 3.63) is 46.5 Å². The van der Waals surface area contributed by atoms with Crippen LogP contribution in [-0.2, 0) is 10.9 Å². The minimum Gasteiger partial charge on any atom is -0.477 e. The maximum Gasteiger partial charge on any atom is 0.417 e. The number of carboxylic acids is 1. The number of alkyl halides is 3. The van der Waals surface area contributed by atoms with E-state index in [1.807, 2.05) is 0 Å². The van der Waals surface area contributed by atoms with E-state index in [1.165, 1.54) is 31.4 Å². The third-order valence-corrected chi connectivity index (χ3v) is 3.94. The summed E-state index contributed by atoms with van der Waals surface area (Å²) in [4.78, 5) is 15.5. The van der Waals surface area contributed by atoms with Crippen molar-refractivity contribution >= 4 is 17.6 Å². The second-order valence-corrected chi connectivity index (χ2v) is 6.19. The number of carboxylic acid groups (broad SMARTS) is 1. The Bertz CT molecular complexity index is 809. The summed E-state index contributed by atoms with van der Waals surface area (Å²) in [5.41, 5.74) is -2.08. The number of hydrogen-bond donors (Lipinski definition) is 1. The standard InChI is InChI=1S/C18H17ClF3NO4/c1-10(7-8-26-2)27-16-15(17(24)25)13(18(20,21)22)9-14(23-16)11-3-5-12(19)6-4-11/h3-6,9-10H,7-8H2,1-2H3,(H,24,25). The summed E-state index contributed by atoms with van der Waals surface area (Å²) >= 11 is 5.80. The molecule has 0 aliphatic carbocycles. The van der Waals surface area contributed by atoms with Crippen LogP contribution in [0.4, 0.5) is 13.2 Å². The van der Waals surface area contributed by atoms with Crippen LogP contribution >= 0.6 is 11.6 Å². The summed E-state index contributed by atoms with van der Waals surface area (Å²) in [6.07, 6.45) is -5.15. The fourth-order valence-electron chi connectivity index (χ4n) is 2.34. The fourth-order valence-corrected chi connectivity index (χ4v) is 2.47. The van der Waals surface area contributed by atoms with Crippen LogP contribution in [0.25, 0.3) is 11.3 Å². The van der Waals surface area contributed by atoms with E-state index in [4.69, 9.17) is 21.1 Å². The average molecular weight is 404 g/mol. The van der Waals surface area contributed by atoms with Gasteiger partial charge in [-0.2, -0.15) is 13.2 Å². The van der Waals surface area contributed by atoms with Gasteiger partial charge in [-0.25, -0.2) is 9.78 Å². The van der Waals surface area contributed by atoms with Gasteiger partial charge in [-0.15, -0.1) is 0 Å². The van der Waals surface area contributed by atoms with Gasteiger partial charge in [0.15, 0.2) is 0 Å². The van der Waals surface area contributed by atoms with E-state index >= 15 is 0 Å². The molecule has 1 unspecified atom stereocenters. The number of aromatic carboxylic acids is 1. The second-order valence-electron chi connectivity index (χ2n) is 5.75. The molecule has 5 nitrogen and oxygen atoms in total. The molecular formula is C18H17ClF3NO4. The molecule has 1 aromatic heterocycles. The lowest BCUT2D eigenvalue weighted by Crippen LogP contribution is -2.21. The number of benzene rings is 1. The van der Waals surface area contributed by atoms with E-state index in [0.717, 1.165) is 0 Å². The second kappa shape index (κ2) is 8.58. The first-order valence-electron chi connectivity index (χ1n) is 7.90. The normalized spacial score (nSPS) is 12.7. The number of nitrogens with zero attached hydrogens (tertiary/aromatic N) is 1. The number of pyridine rings is 1. The van der Waals surface area contributed by atoms with Crippen LogP contribution in [0.3, 0.4) is 0 Å². The summed E-state index contributed by atoms with van der Waals surface area (Å²) in [6.45, 7) is 1.89. The summed E-state index contributed by atoms with van der Waals surface area (Å²) in [7, 11) is 1.47. The molecule has 0 bridgehead atoms. The van der Waals surface area contributed by atoms with Gasteiger partial charge in [-0.1, -0.05) is 23.7 Å². The Morgan fingerprint density at radius 2 is 1.93 bits per heavy atom. The van der Waals surface area contributed by atoms with Crippen molar-refractivity contribution in [1.29, 1.82) is 0 Å². The third-order valence-electron chi connectivity index (χ3n) is 3.69. The molecule has 0 fully saturated rings. The topological polar surface area (TPSA) is 68.7 Å². The Labute approximate surface area is 158 Å². The summed E-state index contributed by atoms with van der Waals surface area (Å²) in [5.74, 6) is -2.36. The monoisotopic (exact) mass is 403 g/mol. The summed E-state index contributed by atoms with van der Waals surface area (Å²) in [5, 5.41) is 9.74. The zero-order valence-corrected chi connectivity index (χ0v) is 15.3. The Morgan fingerprint density at radius 1 is 1.30 bits per heavy atom. The van der Waals surface area contributed by atoms with Gasteiger partial charge in [0.1, 0.15) is 5.56 Å². The van der Waals surface area contributed by atoms with Gasteiger partial charge in [-0.05, 0) is 25.1 Å². The van der Waals surface area contributed by atoms with E-state index in [-0.39, 0.29) is 5.69 Å². The van der Waals surface area contributed by atoms with Crippen molar-refractivity contribution in [3.63, 3.8) is 0 Å². The van der Waals surface area contributed by atoms with E-state index < -0.39 is 35.3 Å². The summed E-state index contributed by atoms with van der Waals surface area (Å²) < 4.78 is 50.8. The van der Waals surface area contributed by atoms with Gasteiger partial charge >= 0.3 is 12.1 Å². The fraction of sp³-hybridized carbons (Fsp3) is 0.333. The first-order chi connectivity index (χ1) is 12.6. The van der Waals surface area contributed by atoms with E-state index in [9.17, 15) is 23.1 Å². The zero-order valence-electron chi connectivity index (χ0n) is 14.5. The SMILES string of the molecule is COCCC(C)Oc1nc(-c2ccc(Cl)cc2)cc(C(F)(F)F)c1C(=O)O. The highest BCUT2D eigenvalue weighted by atomic mass is 35.5. The van der Waals surface area contributed by atoms with Crippen LogP contribution < -0.4 is 4.74 Å².